The molecule has 1 N–H and O–H groups in total. The highest BCUT2D eigenvalue weighted by Crippen LogP contribution is 1.97. The molecule has 0 amide bonds. The van der Waals surface area contributed by atoms with E-state index in [1.54, 1.807) is 10.6 Å². The fraction of sp³-hybridized carbons (Fsp3) is 0.333. The van der Waals surface area contributed by atoms with Crippen LogP contribution >= 0.6 is 0 Å². The van der Waals surface area contributed by atoms with Gasteiger partial charge in [0.1, 0.15) is 5.82 Å². The molecule has 2 aromatic rings. The molecular formula is C15H19N3O. The normalized spacial score (nSPS) is 10.6. The molecule has 0 radical (unpaired) electrons. The highest BCUT2D eigenvalue weighted by molar-refractivity contribution is 5.14. The van der Waals surface area contributed by atoms with Gasteiger partial charge in [-0.2, -0.15) is 0 Å². The summed E-state index contributed by atoms with van der Waals surface area (Å²) < 4.78 is 1.70. The van der Waals surface area contributed by atoms with Gasteiger partial charge < -0.3 is 5.32 Å². The Balaban J connectivity index is 1.88. The van der Waals surface area contributed by atoms with Crippen molar-refractivity contribution in [2.75, 3.05) is 6.54 Å². The number of benzene rings is 1. The molecule has 4 heteroatoms. The van der Waals surface area contributed by atoms with Gasteiger partial charge in [-0.15, -0.1) is 0 Å². The van der Waals surface area contributed by atoms with E-state index in [-0.39, 0.29) is 5.56 Å². The first-order valence-electron chi connectivity index (χ1n) is 6.46. The van der Waals surface area contributed by atoms with E-state index < -0.39 is 0 Å². The van der Waals surface area contributed by atoms with Gasteiger partial charge in [0, 0.05) is 31.4 Å². The van der Waals surface area contributed by atoms with Crippen molar-refractivity contribution in [1.82, 2.24) is 14.9 Å². The largest absolute Gasteiger partial charge is 0.311 e. The lowest BCUT2D eigenvalue weighted by Crippen LogP contribution is -2.29. The van der Waals surface area contributed by atoms with Crippen molar-refractivity contribution in [2.45, 2.75) is 26.9 Å². The zero-order valence-corrected chi connectivity index (χ0v) is 11.4. The van der Waals surface area contributed by atoms with Crippen molar-refractivity contribution in [3.63, 3.8) is 0 Å². The summed E-state index contributed by atoms with van der Waals surface area (Å²) in [6, 6.07) is 11.8. The van der Waals surface area contributed by atoms with Crippen LogP contribution in [0.5, 0.6) is 0 Å². The molecule has 2 rings (SSSR count). The van der Waals surface area contributed by atoms with Crippen LogP contribution in [0.1, 0.15) is 17.1 Å². The van der Waals surface area contributed by atoms with Crippen LogP contribution < -0.4 is 10.9 Å². The molecule has 0 saturated heterocycles. The second-order valence-electron chi connectivity index (χ2n) is 4.60. The van der Waals surface area contributed by atoms with Crippen LogP contribution in [0.3, 0.4) is 0 Å². The zero-order valence-electron chi connectivity index (χ0n) is 11.4. The van der Waals surface area contributed by atoms with Crippen molar-refractivity contribution in [3.05, 3.63) is 63.8 Å². The molecule has 1 aromatic heterocycles. The van der Waals surface area contributed by atoms with E-state index >= 15 is 0 Å². The molecule has 0 aliphatic rings. The van der Waals surface area contributed by atoms with Gasteiger partial charge in [-0.1, -0.05) is 30.3 Å². The highest BCUT2D eigenvalue weighted by atomic mass is 16.1. The summed E-state index contributed by atoms with van der Waals surface area (Å²) in [6.07, 6.45) is 0. The predicted octanol–water partition coefficient (Wildman–Crippen LogP) is 1.65. The third-order valence-electron chi connectivity index (χ3n) is 3.01. The number of nitrogens with zero attached hydrogens (tertiary/aromatic N) is 2. The lowest BCUT2D eigenvalue weighted by atomic mass is 10.2. The minimum Gasteiger partial charge on any atom is -0.311 e. The van der Waals surface area contributed by atoms with Gasteiger partial charge in [0.15, 0.2) is 0 Å². The second kappa shape index (κ2) is 6.29. The molecule has 0 bridgehead atoms. The SMILES string of the molecule is Cc1cc(=O)n(CCNCc2ccccc2)c(C)n1. The van der Waals surface area contributed by atoms with Gasteiger partial charge >= 0.3 is 0 Å². The Kier molecular flexibility index (Phi) is 4.47. The van der Waals surface area contributed by atoms with E-state index in [2.05, 4.69) is 22.4 Å². The smallest absolute Gasteiger partial charge is 0.253 e. The van der Waals surface area contributed by atoms with E-state index in [0.29, 0.717) is 6.54 Å². The van der Waals surface area contributed by atoms with E-state index in [1.165, 1.54) is 5.56 Å². The Morgan fingerprint density at radius 2 is 1.95 bits per heavy atom. The number of nitrogens with one attached hydrogen (secondary N) is 1. The first-order valence-corrected chi connectivity index (χ1v) is 6.46. The van der Waals surface area contributed by atoms with Gasteiger partial charge in [-0.3, -0.25) is 9.36 Å². The lowest BCUT2D eigenvalue weighted by molar-refractivity contribution is 0.564. The molecule has 1 heterocycles. The van der Waals surface area contributed by atoms with Crippen molar-refractivity contribution >= 4 is 0 Å². The molecule has 0 fully saturated rings. The Hall–Kier alpha value is -1.94. The molecule has 0 unspecified atom stereocenters. The van der Waals surface area contributed by atoms with Crippen molar-refractivity contribution < 1.29 is 0 Å². The summed E-state index contributed by atoms with van der Waals surface area (Å²) in [5, 5.41) is 3.33. The Morgan fingerprint density at radius 3 is 2.63 bits per heavy atom. The fourth-order valence-corrected chi connectivity index (χ4v) is 2.06. The van der Waals surface area contributed by atoms with Crippen molar-refractivity contribution in [1.29, 1.82) is 0 Å². The number of hydrogen-bond acceptors (Lipinski definition) is 3. The van der Waals surface area contributed by atoms with Gasteiger partial charge in [0.25, 0.3) is 5.56 Å². The summed E-state index contributed by atoms with van der Waals surface area (Å²) in [7, 11) is 0. The summed E-state index contributed by atoms with van der Waals surface area (Å²) in [4.78, 5) is 16.1. The molecular weight excluding hydrogens is 238 g/mol. The Bertz CT molecular complexity index is 590. The average Bonchev–Trinajstić information content (AvgIpc) is 2.38. The summed E-state index contributed by atoms with van der Waals surface area (Å²) in [5.74, 6) is 0.770. The predicted molar refractivity (Wildman–Crippen MR) is 76.1 cm³/mol. The van der Waals surface area contributed by atoms with Crippen LogP contribution in [0.2, 0.25) is 0 Å². The summed E-state index contributed by atoms with van der Waals surface area (Å²) >= 11 is 0. The highest BCUT2D eigenvalue weighted by Gasteiger charge is 2.02. The van der Waals surface area contributed by atoms with E-state index in [0.717, 1.165) is 24.6 Å². The van der Waals surface area contributed by atoms with Gasteiger partial charge in [-0.25, -0.2) is 4.98 Å². The first-order chi connectivity index (χ1) is 9.16. The molecule has 100 valence electrons. The number of hydrogen-bond donors (Lipinski definition) is 1. The minimum atomic E-state index is 0.0199. The zero-order chi connectivity index (χ0) is 13.7. The monoisotopic (exact) mass is 257 g/mol. The van der Waals surface area contributed by atoms with Crippen LogP contribution in [0, 0.1) is 13.8 Å². The molecule has 4 nitrogen and oxygen atoms in total. The van der Waals surface area contributed by atoms with E-state index in [1.807, 2.05) is 32.0 Å². The quantitative estimate of drug-likeness (QED) is 0.828. The fourth-order valence-electron chi connectivity index (χ4n) is 2.06. The maximum Gasteiger partial charge on any atom is 0.253 e. The number of aryl methyl sites for hydroxylation is 2. The minimum absolute atomic E-state index is 0.0199. The maximum absolute atomic E-state index is 11.8. The molecule has 0 aliphatic carbocycles. The summed E-state index contributed by atoms with van der Waals surface area (Å²) in [5.41, 5.74) is 2.04. The third-order valence-corrected chi connectivity index (χ3v) is 3.01. The van der Waals surface area contributed by atoms with E-state index in [9.17, 15) is 4.79 Å². The van der Waals surface area contributed by atoms with Crippen LogP contribution in [0.25, 0.3) is 0 Å². The standard InChI is InChI=1S/C15H19N3O/c1-12-10-15(19)18(13(2)17-12)9-8-16-11-14-6-4-3-5-7-14/h3-7,10,16H,8-9,11H2,1-2H3. The van der Waals surface area contributed by atoms with Crippen LogP contribution in [0.15, 0.2) is 41.2 Å². The topological polar surface area (TPSA) is 46.9 Å². The number of aromatic nitrogens is 2. The molecule has 0 saturated carbocycles. The molecule has 0 spiro atoms. The molecule has 0 atom stereocenters. The number of rotatable bonds is 5. The average molecular weight is 257 g/mol. The van der Waals surface area contributed by atoms with Gasteiger partial charge in [-0.05, 0) is 19.4 Å². The molecule has 0 aliphatic heterocycles. The second-order valence-corrected chi connectivity index (χ2v) is 4.60. The molecule has 19 heavy (non-hydrogen) atoms. The Labute approximate surface area is 113 Å². The summed E-state index contributed by atoms with van der Waals surface area (Å²) in [6.45, 7) is 5.91. The van der Waals surface area contributed by atoms with Crippen molar-refractivity contribution in [2.24, 2.45) is 0 Å². The van der Waals surface area contributed by atoms with Gasteiger partial charge in [0.2, 0.25) is 0 Å². The Morgan fingerprint density at radius 1 is 1.21 bits per heavy atom. The first kappa shape index (κ1) is 13.5. The van der Waals surface area contributed by atoms with Crippen molar-refractivity contribution in [3.8, 4) is 0 Å². The molecule has 1 aromatic carbocycles. The maximum atomic E-state index is 11.8. The third kappa shape index (κ3) is 3.76. The lowest BCUT2D eigenvalue weighted by Gasteiger charge is -2.10. The van der Waals surface area contributed by atoms with Crippen LogP contribution in [0.4, 0.5) is 0 Å². The van der Waals surface area contributed by atoms with Gasteiger partial charge in [0.05, 0.1) is 0 Å². The van der Waals surface area contributed by atoms with E-state index in [4.69, 9.17) is 0 Å². The van der Waals surface area contributed by atoms with Crippen LogP contribution in [-0.4, -0.2) is 16.1 Å². The van der Waals surface area contributed by atoms with Crippen LogP contribution in [-0.2, 0) is 13.1 Å².